The van der Waals surface area contributed by atoms with Crippen molar-refractivity contribution in [2.45, 2.75) is 30.6 Å². The van der Waals surface area contributed by atoms with E-state index >= 15 is 0 Å². The van der Waals surface area contributed by atoms with Crippen LogP contribution in [0.4, 0.5) is 13.2 Å². The highest BCUT2D eigenvalue weighted by molar-refractivity contribution is 7.89. The maximum atomic E-state index is 12.7. The maximum absolute atomic E-state index is 12.7. The SMILES string of the molecule is CC(c1noc(CO)n1)N(C)S(=O)(=O)c1ccc(C(F)(F)F)cc1Cl. The van der Waals surface area contributed by atoms with Gasteiger partial charge < -0.3 is 9.63 Å². The molecule has 25 heavy (non-hydrogen) atoms. The summed E-state index contributed by atoms with van der Waals surface area (Å²) in [6, 6.07) is 1.06. The third kappa shape index (κ3) is 3.94. The fraction of sp³-hybridized carbons (Fsp3) is 0.385. The molecule has 0 saturated heterocycles. The average Bonchev–Trinajstić information content (AvgIpc) is 3.01. The van der Waals surface area contributed by atoms with Crippen LogP contribution in [0.5, 0.6) is 0 Å². The summed E-state index contributed by atoms with van der Waals surface area (Å²) in [5.41, 5.74) is -1.06. The van der Waals surface area contributed by atoms with Gasteiger partial charge in [0.15, 0.2) is 5.82 Å². The second kappa shape index (κ2) is 6.90. The van der Waals surface area contributed by atoms with E-state index in [1.54, 1.807) is 0 Å². The van der Waals surface area contributed by atoms with Crippen molar-refractivity contribution in [1.29, 1.82) is 0 Å². The zero-order chi connectivity index (χ0) is 19.0. The third-order valence-electron chi connectivity index (χ3n) is 3.45. The lowest BCUT2D eigenvalue weighted by atomic mass is 10.2. The second-order valence-electron chi connectivity index (χ2n) is 5.04. The van der Waals surface area contributed by atoms with Crippen LogP contribution in [0.2, 0.25) is 5.02 Å². The summed E-state index contributed by atoms with van der Waals surface area (Å²) < 4.78 is 68.8. The average molecular weight is 400 g/mol. The highest BCUT2D eigenvalue weighted by Crippen LogP contribution is 2.35. The zero-order valence-corrected chi connectivity index (χ0v) is 14.5. The summed E-state index contributed by atoms with van der Waals surface area (Å²) in [4.78, 5) is 3.33. The minimum atomic E-state index is -4.64. The lowest BCUT2D eigenvalue weighted by Gasteiger charge is -2.22. The van der Waals surface area contributed by atoms with Gasteiger partial charge >= 0.3 is 6.18 Å². The maximum Gasteiger partial charge on any atom is 0.416 e. The normalized spacial score (nSPS) is 14.1. The van der Waals surface area contributed by atoms with E-state index in [1.165, 1.54) is 14.0 Å². The predicted octanol–water partition coefficient (Wildman–Crippen LogP) is 2.62. The van der Waals surface area contributed by atoms with Gasteiger partial charge in [0.1, 0.15) is 11.5 Å². The Balaban J connectivity index is 2.37. The first-order chi connectivity index (χ1) is 11.5. The zero-order valence-electron chi connectivity index (χ0n) is 13.0. The standard InChI is InChI=1S/C13H13ClF3N3O4S/c1-7(12-18-11(6-21)24-19-12)20(2)25(22,23)10-4-3-8(5-9(10)14)13(15,16)17/h3-5,7,21H,6H2,1-2H3. The fourth-order valence-electron chi connectivity index (χ4n) is 1.91. The van der Waals surface area contributed by atoms with Gasteiger partial charge in [-0.1, -0.05) is 16.8 Å². The molecule has 138 valence electrons. The van der Waals surface area contributed by atoms with Crippen LogP contribution >= 0.6 is 11.6 Å². The molecule has 0 fully saturated rings. The molecule has 0 radical (unpaired) electrons. The van der Waals surface area contributed by atoms with Crippen molar-refractivity contribution in [2.75, 3.05) is 7.05 Å². The molecule has 1 heterocycles. The monoisotopic (exact) mass is 399 g/mol. The molecule has 0 amide bonds. The molecule has 0 saturated carbocycles. The Morgan fingerprint density at radius 1 is 1.40 bits per heavy atom. The number of nitrogens with zero attached hydrogens (tertiary/aromatic N) is 3. The second-order valence-corrected chi connectivity index (χ2v) is 7.42. The molecule has 0 aliphatic rings. The van der Waals surface area contributed by atoms with E-state index in [4.69, 9.17) is 21.2 Å². The van der Waals surface area contributed by atoms with Crippen LogP contribution in [0.1, 0.15) is 30.2 Å². The Morgan fingerprint density at radius 2 is 2.04 bits per heavy atom. The summed E-state index contributed by atoms with van der Waals surface area (Å²) in [5, 5.41) is 11.9. The highest BCUT2D eigenvalue weighted by atomic mass is 35.5. The summed E-state index contributed by atoms with van der Waals surface area (Å²) in [6.45, 7) is 0.933. The smallest absolute Gasteiger partial charge is 0.387 e. The lowest BCUT2D eigenvalue weighted by molar-refractivity contribution is -0.137. The number of alkyl halides is 3. The first-order valence-corrected chi connectivity index (χ1v) is 8.58. The van der Waals surface area contributed by atoms with Gasteiger partial charge in [0.2, 0.25) is 10.0 Å². The minimum absolute atomic E-state index is 0.0156. The molecular weight excluding hydrogens is 387 g/mol. The largest absolute Gasteiger partial charge is 0.416 e. The Bertz CT molecular complexity index is 870. The molecule has 2 aromatic rings. The molecule has 1 N–H and O–H groups in total. The molecule has 1 unspecified atom stereocenters. The number of halogens is 4. The summed E-state index contributed by atoms with van der Waals surface area (Å²) in [7, 11) is -3.03. The van der Waals surface area contributed by atoms with Gasteiger partial charge in [-0.3, -0.25) is 0 Å². The van der Waals surface area contributed by atoms with Gasteiger partial charge in [-0.15, -0.1) is 0 Å². The van der Waals surface area contributed by atoms with E-state index in [-0.39, 0.29) is 11.7 Å². The molecule has 7 nitrogen and oxygen atoms in total. The van der Waals surface area contributed by atoms with Crippen molar-refractivity contribution >= 4 is 21.6 Å². The molecule has 1 aromatic heterocycles. The van der Waals surface area contributed by atoms with Crippen molar-refractivity contribution in [1.82, 2.24) is 14.4 Å². The molecule has 1 atom stereocenters. The minimum Gasteiger partial charge on any atom is -0.387 e. The number of hydrogen-bond donors (Lipinski definition) is 1. The number of aliphatic hydroxyl groups excluding tert-OH is 1. The van der Waals surface area contributed by atoms with E-state index < -0.39 is 44.3 Å². The molecule has 0 bridgehead atoms. The number of benzene rings is 1. The van der Waals surface area contributed by atoms with Crippen LogP contribution < -0.4 is 0 Å². The third-order valence-corrected chi connectivity index (χ3v) is 5.87. The van der Waals surface area contributed by atoms with Crippen molar-refractivity contribution in [3.05, 3.63) is 40.5 Å². The highest BCUT2D eigenvalue weighted by Gasteiger charge is 2.34. The van der Waals surface area contributed by atoms with Gasteiger partial charge in [-0.25, -0.2) is 8.42 Å². The number of sulfonamides is 1. The van der Waals surface area contributed by atoms with E-state index in [0.29, 0.717) is 12.1 Å². The van der Waals surface area contributed by atoms with Gasteiger partial charge in [-0.05, 0) is 25.1 Å². The number of aliphatic hydroxyl groups is 1. The van der Waals surface area contributed by atoms with E-state index in [1.807, 2.05) is 0 Å². The molecule has 12 heteroatoms. The molecule has 0 spiro atoms. The van der Waals surface area contributed by atoms with Crippen molar-refractivity contribution in [3.8, 4) is 0 Å². The van der Waals surface area contributed by atoms with E-state index in [2.05, 4.69) is 10.1 Å². The Labute approximate surface area is 146 Å². The Hall–Kier alpha value is -1.69. The number of hydrogen-bond acceptors (Lipinski definition) is 6. The van der Waals surface area contributed by atoms with Crippen LogP contribution in [-0.2, 0) is 22.8 Å². The fourth-order valence-corrected chi connectivity index (χ4v) is 3.75. The Morgan fingerprint density at radius 3 is 2.52 bits per heavy atom. The van der Waals surface area contributed by atoms with Gasteiger partial charge in [0, 0.05) is 7.05 Å². The predicted molar refractivity (Wildman–Crippen MR) is 80.0 cm³/mol. The van der Waals surface area contributed by atoms with E-state index in [9.17, 15) is 21.6 Å². The van der Waals surface area contributed by atoms with Crippen LogP contribution in [0.15, 0.2) is 27.6 Å². The van der Waals surface area contributed by atoms with E-state index in [0.717, 1.165) is 10.4 Å². The van der Waals surface area contributed by atoms with Crippen molar-refractivity contribution in [2.24, 2.45) is 0 Å². The summed E-state index contributed by atoms with van der Waals surface area (Å²) >= 11 is 5.75. The Kier molecular flexibility index (Phi) is 5.42. The van der Waals surface area contributed by atoms with Crippen LogP contribution in [0.25, 0.3) is 0 Å². The quantitative estimate of drug-likeness (QED) is 0.830. The van der Waals surface area contributed by atoms with Crippen LogP contribution in [-0.4, -0.2) is 35.0 Å². The number of aromatic nitrogens is 2. The first-order valence-electron chi connectivity index (χ1n) is 6.76. The van der Waals surface area contributed by atoms with Gasteiger partial charge in [-0.2, -0.15) is 22.5 Å². The topological polar surface area (TPSA) is 96.5 Å². The van der Waals surface area contributed by atoms with Crippen LogP contribution in [0, 0.1) is 0 Å². The summed E-state index contributed by atoms with van der Waals surface area (Å²) in [5.74, 6) is -0.113. The molecule has 0 aliphatic carbocycles. The van der Waals surface area contributed by atoms with Crippen molar-refractivity contribution < 1.29 is 31.2 Å². The molecule has 0 aliphatic heterocycles. The lowest BCUT2D eigenvalue weighted by Crippen LogP contribution is -2.30. The van der Waals surface area contributed by atoms with Gasteiger partial charge in [0.05, 0.1) is 16.6 Å². The molecule has 1 aromatic carbocycles. The molecular formula is C13H13ClF3N3O4S. The van der Waals surface area contributed by atoms with Crippen molar-refractivity contribution in [3.63, 3.8) is 0 Å². The first kappa shape index (κ1) is 19.6. The van der Waals surface area contributed by atoms with Crippen LogP contribution in [0.3, 0.4) is 0 Å². The summed E-state index contributed by atoms with van der Waals surface area (Å²) in [6.07, 6.45) is -4.64. The van der Waals surface area contributed by atoms with Gasteiger partial charge in [0.25, 0.3) is 5.89 Å². The number of rotatable bonds is 5. The molecule has 2 rings (SSSR count).